The van der Waals surface area contributed by atoms with Gasteiger partial charge in [0.15, 0.2) is 5.82 Å². The van der Waals surface area contributed by atoms with Crippen molar-refractivity contribution < 1.29 is 9.53 Å². The van der Waals surface area contributed by atoms with Crippen molar-refractivity contribution in [3.05, 3.63) is 36.0 Å². The highest BCUT2D eigenvalue weighted by Crippen LogP contribution is 2.22. The summed E-state index contributed by atoms with van der Waals surface area (Å²) < 4.78 is 4.80. The van der Waals surface area contributed by atoms with Gasteiger partial charge < -0.3 is 15.4 Å². The molecular weight excluding hydrogens is 306 g/mol. The van der Waals surface area contributed by atoms with Crippen molar-refractivity contribution in [2.75, 3.05) is 17.7 Å². The third-order valence-electron chi connectivity index (χ3n) is 4.09. The van der Waals surface area contributed by atoms with E-state index in [4.69, 9.17) is 4.74 Å². The Morgan fingerprint density at radius 3 is 2.79 bits per heavy atom. The fourth-order valence-corrected chi connectivity index (χ4v) is 2.87. The molecule has 0 radical (unpaired) electrons. The minimum atomic E-state index is -0.402. The first-order chi connectivity index (χ1) is 11.8. The highest BCUT2D eigenvalue weighted by atomic mass is 16.5. The van der Waals surface area contributed by atoms with E-state index >= 15 is 0 Å². The summed E-state index contributed by atoms with van der Waals surface area (Å²) in [6.07, 6.45) is 7.55. The summed E-state index contributed by atoms with van der Waals surface area (Å²) in [6, 6.07) is 7.52. The summed E-state index contributed by atoms with van der Waals surface area (Å²) in [5.41, 5.74) is 1.06. The third kappa shape index (κ3) is 3.98. The molecule has 1 heterocycles. The number of benzene rings is 1. The predicted molar refractivity (Wildman–Crippen MR) is 91.4 cm³/mol. The summed E-state index contributed by atoms with van der Waals surface area (Å²) >= 11 is 0. The standard InChI is InChI=1S/C17H21N5O2/c1-24-16(23)13-9-5-6-10-14(13)20-15-11-18-22-17(21-15)19-12-7-3-2-4-8-12/h5-6,9-12H,2-4,7-8H2,1H3,(H2,19,20,21,22). The third-order valence-corrected chi connectivity index (χ3v) is 4.09. The van der Waals surface area contributed by atoms with Crippen molar-refractivity contribution >= 4 is 23.4 Å². The second kappa shape index (κ2) is 7.72. The van der Waals surface area contributed by atoms with Crippen molar-refractivity contribution in [2.45, 2.75) is 38.1 Å². The topological polar surface area (TPSA) is 89.0 Å². The van der Waals surface area contributed by atoms with Crippen LogP contribution in [0.2, 0.25) is 0 Å². The number of nitrogens with one attached hydrogen (secondary N) is 2. The summed E-state index contributed by atoms with van der Waals surface area (Å²) in [5.74, 6) is 0.628. The van der Waals surface area contributed by atoms with Crippen molar-refractivity contribution in [3.63, 3.8) is 0 Å². The fraction of sp³-hybridized carbons (Fsp3) is 0.412. The van der Waals surface area contributed by atoms with Gasteiger partial charge >= 0.3 is 5.97 Å². The number of para-hydroxylation sites is 1. The smallest absolute Gasteiger partial charge is 0.339 e. The number of hydrogen-bond donors (Lipinski definition) is 2. The zero-order valence-electron chi connectivity index (χ0n) is 13.7. The van der Waals surface area contributed by atoms with E-state index in [9.17, 15) is 4.79 Å². The predicted octanol–water partition coefficient (Wildman–Crippen LogP) is 3.15. The van der Waals surface area contributed by atoms with Crippen molar-refractivity contribution in [1.82, 2.24) is 15.2 Å². The number of aromatic nitrogens is 3. The van der Waals surface area contributed by atoms with E-state index in [1.165, 1.54) is 32.6 Å². The lowest BCUT2D eigenvalue weighted by molar-refractivity contribution is 0.0602. The Bertz CT molecular complexity index is 701. The number of esters is 1. The average Bonchev–Trinajstić information content (AvgIpc) is 2.63. The van der Waals surface area contributed by atoms with Gasteiger partial charge in [-0.3, -0.25) is 0 Å². The molecule has 1 aliphatic rings. The van der Waals surface area contributed by atoms with Gasteiger partial charge in [-0.25, -0.2) is 4.79 Å². The number of methoxy groups -OCH3 is 1. The maximum atomic E-state index is 11.8. The number of carbonyl (C=O) groups is 1. The normalized spacial score (nSPS) is 14.9. The van der Waals surface area contributed by atoms with E-state index in [0.29, 0.717) is 29.1 Å². The first kappa shape index (κ1) is 16.2. The van der Waals surface area contributed by atoms with E-state index in [1.54, 1.807) is 18.2 Å². The van der Waals surface area contributed by atoms with Crippen LogP contribution in [0.25, 0.3) is 0 Å². The van der Waals surface area contributed by atoms with E-state index in [0.717, 1.165) is 12.8 Å². The van der Waals surface area contributed by atoms with Gasteiger partial charge in [0.05, 0.1) is 24.6 Å². The zero-order chi connectivity index (χ0) is 16.8. The summed E-state index contributed by atoms with van der Waals surface area (Å²) in [6.45, 7) is 0. The lowest BCUT2D eigenvalue weighted by Gasteiger charge is -2.22. The Labute approximate surface area is 140 Å². The van der Waals surface area contributed by atoms with Crippen LogP contribution >= 0.6 is 0 Å². The molecule has 0 unspecified atom stereocenters. The first-order valence-electron chi connectivity index (χ1n) is 8.17. The average molecular weight is 327 g/mol. The minimum absolute atomic E-state index is 0.401. The Morgan fingerprint density at radius 1 is 1.21 bits per heavy atom. The van der Waals surface area contributed by atoms with Gasteiger partial charge in [-0.1, -0.05) is 31.4 Å². The second-order valence-corrected chi connectivity index (χ2v) is 5.81. The molecule has 3 rings (SSSR count). The van der Waals surface area contributed by atoms with Crippen LogP contribution in [0.4, 0.5) is 17.5 Å². The molecule has 24 heavy (non-hydrogen) atoms. The van der Waals surface area contributed by atoms with E-state index < -0.39 is 5.97 Å². The maximum absolute atomic E-state index is 11.8. The molecule has 1 aromatic heterocycles. The molecule has 0 saturated heterocycles. The quantitative estimate of drug-likeness (QED) is 0.815. The largest absolute Gasteiger partial charge is 0.465 e. The minimum Gasteiger partial charge on any atom is -0.465 e. The number of rotatable bonds is 5. The second-order valence-electron chi connectivity index (χ2n) is 5.81. The zero-order valence-corrected chi connectivity index (χ0v) is 13.7. The van der Waals surface area contributed by atoms with Gasteiger partial charge in [0.25, 0.3) is 0 Å². The van der Waals surface area contributed by atoms with Crippen LogP contribution in [0.3, 0.4) is 0 Å². The molecule has 0 atom stereocenters. The Kier molecular flexibility index (Phi) is 5.20. The van der Waals surface area contributed by atoms with Crippen molar-refractivity contribution in [3.8, 4) is 0 Å². The SMILES string of the molecule is COC(=O)c1ccccc1Nc1cnnc(NC2CCCCC2)n1. The summed E-state index contributed by atoms with van der Waals surface area (Å²) in [5, 5.41) is 14.5. The van der Waals surface area contributed by atoms with Crippen LogP contribution < -0.4 is 10.6 Å². The molecule has 2 aromatic rings. The van der Waals surface area contributed by atoms with Gasteiger partial charge in [0, 0.05) is 6.04 Å². The van der Waals surface area contributed by atoms with Gasteiger partial charge in [0.1, 0.15) is 0 Å². The summed E-state index contributed by atoms with van der Waals surface area (Å²) in [4.78, 5) is 16.3. The van der Waals surface area contributed by atoms with E-state index in [2.05, 4.69) is 25.8 Å². The molecule has 0 spiro atoms. The van der Waals surface area contributed by atoms with Gasteiger partial charge in [-0.2, -0.15) is 10.1 Å². The molecule has 0 aliphatic heterocycles. The first-order valence-corrected chi connectivity index (χ1v) is 8.17. The molecule has 0 bridgehead atoms. The maximum Gasteiger partial charge on any atom is 0.339 e. The van der Waals surface area contributed by atoms with Crippen LogP contribution in [-0.4, -0.2) is 34.3 Å². The van der Waals surface area contributed by atoms with Crippen molar-refractivity contribution in [1.29, 1.82) is 0 Å². The van der Waals surface area contributed by atoms with Crippen LogP contribution in [0.1, 0.15) is 42.5 Å². The molecule has 7 heteroatoms. The van der Waals surface area contributed by atoms with Crippen LogP contribution in [0.5, 0.6) is 0 Å². The van der Waals surface area contributed by atoms with Crippen LogP contribution in [0.15, 0.2) is 30.5 Å². The Balaban J connectivity index is 1.74. The van der Waals surface area contributed by atoms with Crippen LogP contribution in [-0.2, 0) is 4.74 Å². The molecule has 0 amide bonds. The van der Waals surface area contributed by atoms with E-state index in [1.807, 2.05) is 6.07 Å². The highest BCUT2D eigenvalue weighted by molar-refractivity contribution is 5.96. The van der Waals surface area contributed by atoms with Crippen LogP contribution in [0, 0.1) is 0 Å². The van der Waals surface area contributed by atoms with Crippen molar-refractivity contribution in [2.24, 2.45) is 0 Å². The monoisotopic (exact) mass is 327 g/mol. The molecule has 2 N–H and O–H groups in total. The molecular formula is C17H21N5O2. The van der Waals surface area contributed by atoms with Gasteiger partial charge in [-0.05, 0) is 25.0 Å². The number of carbonyl (C=O) groups excluding carboxylic acids is 1. The number of hydrogen-bond acceptors (Lipinski definition) is 7. The highest BCUT2D eigenvalue weighted by Gasteiger charge is 2.15. The van der Waals surface area contributed by atoms with E-state index in [-0.39, 0.29) is 0 Å². The van der Waals surface area contributed by atoms with Gasteiger partial charge in [-0.15, -0.1) is 5.10 Å². The lowest BCUT2D eigenvalue weighted by Crippen LogP contribution is -2.23. The molecule has 1 fully saturated rings. The van der Waals surface area contributed by atoms with Gasteiger partial charge in [0.2, 0.25) is 5.95 Å². The molecule has 126 valence electrons. The Hall–Kier alpha value is -2.70. The lowest BCUT2D eigenvalue weighted by atomic mass is 9.96. The molecule has 1 aliphatic carbocycles. The number of ether oxygens (including phenoxy) is 1. The molecule has 7 nitrogen and oxygen atoms in total. The molecule has 1 saturated carbocycles. The molecule has 1 aromatic carbocycles. The number of nitrogens with zero attached hydrogens (tertiary/aromatic N) is 3. The summed E-state index contributed by atoms with van der Waals surface area (Å²) in [7, 11) is 1.36. The Morgan fingerprint density at radius 2 is 2.00 bits per heavy atom. The number of anilines is 3. The fourth-order valence-electron chi connectivity index (χ4n) is 2.87.